The molecule has 0 amide bonds. The number of hydrogen-bond acceptors (Lipinski definition) is 4. The van der Waals surface area contributed by atoms with Crippen molar-refractivity contribution in [3.8, 4) is 17.2 Å². The summed E-state index contributed by atoms with van der Waals surface area (Å²) in [5.41, 5.74) is 1.22. The van der Waals surface area contributed by atoms with Gasteiger partial charge in [0.15, 0.2) is 0 Å². The van der Waals surface area contributed by atoms with Crippen molar-refractivity contribution in [3.05, 3.63) is 54.1 Å². The number of rotatable bonds is 5. The maximum absolute atomic E-state index is 5.83. The Morgan fingerprint density at radius 3 is 2.62 bits per heavy atom. The van der Waals surface area contributed by atoms with Gasteiger partial charge in [0.1, 0.15) is 28.9 Å². The third-order valence-electron chi connectivity index (χ3n) is 3.07. The highest BCUT2D eigenvalue weighted by atomic mass is 32.2. The topological polar surface area (TPSA) is 30.8 Å². The SMILES string of the molecule is Cc1ccc(Oc2cccc(OCC3=NCCS3)c2)cc1. The largest absolute Gasteiger partial charge is 0.487 e. The van der Waals surface area contributed by atoms with Crippen LogP contribution in [0.4, 0.5) is 0 Å². The summed E-state index contributed by atoms with van der Waals surface area (Å²) in [6, 6.07) is 15.7. The summed E-state index contributed by atoms with van der Waals surface area (Å²) in [5, 5.41) is 1.07. The zero-order valence-electron chi connectivity index (χ0n) is 11.9. The van der Waals surface area contributed by atoms with Crippen LogP contribution in [0.1, 0.15) is 5.56 Å². The number of benzene rings is 2. The lowest BCUT2D eigenvalue weighted by atomic mass is 10.2. The van der Waals surface area contributed by atoms with Gasteiger partial charge < -0.3 is 9.47 Å². The molecule has 0 aromatic heterocycles. The minimum absolute atomic E-state index is 0.540. The van der Waals surface area contributed by atoms with Gasteiger partial charge in [0.2, 0.25) is 0 Å². The van der Waals surface area contributed by atoms with Gasteiger partial charge in [-0.25, -0.2) is 0 Å². The molecular weight excluding hydrogens is 282 g/mol. The molecule has 21 heavy (non-hydrogen) atoms. The first-order chi connectivity index (χ1) is 10.3. The Balaban J connectivity index is 1.63. The maximum atomic E-state index is 5.83. The number of hydrogen-bond donors (Lipinski definition) is 0. The Morgan fingerprint density at radius 1 is 1.05 bits per heavy atom. The predicted molar refractivity (Wildman–Crippen MR) is 88.0 cm³/mol. The van der Waals surface area contributed by atoms with Crippen LogP contribution < -0.4 is 9.47 Å². The van der Waals surface area contributed by atoms with Crippen molar-refractivity contribution in [1.82, 2.24) is 0 Å². The molecule has 0 aliphatic carbocycles. The van der Waals surface area contributed by atoms with Crippen LogP contribution in [0.5, 0.6) is 17.2 Å². The predicted octanol–water partition coefficient (Wildman–Crippen LogP) is 4.31. The Kier molecular flexibility index (Phi) is 4.46. The number of thioether (sulfide) groups is 1. The molecule has 0 unspecified atom stereocenters. The molecule has 2 aromatic carbocycles. The van der Waals surface area contributed by atoms with Crippen molar-refractivity contribution >= 4 is 16.8 Å². The van der Waals surface area contributed by atoms with Crippen molar-refractivity contribution in [3.63, 3.8) is 0 Å². The number of aliphatic imine (C=N–C) groups is 1. The fraction of sp³-hybridized carbons (Fsp3) is 0.235. The average Bonchev–Trinajstić information content (AvgIpc) is 3.01. The van der Waals surface area contributed by atoms with E-state index in [0.29, 0.717) is 6.61 Å². The van der Waals surface area contributed by atoms with E-state index in [4.69, 9.17) is 9.47 Å². The van der Waals surface area contributed by atoms with Gasteiger partial charge in [-0.15, -0.1) is 11.8 Å². The fourth-order valence-corrected chi connectivity index (χ4v) is 2.72. The highest BCUT2D eigenvalue weighted by molar-refractivity contribution is 8.14. The van der Waals surface area contributed by atoms with E-state index in [1.165, 1.54) is 5.56 Å². The van der Waals surface area contributed by atoms with Crippen LogP contribution in [0.15, 0.2) is 53.5 Å². The Labute approximate surface area is 129 Å². The van der Waals surface area contributed by atoms with E-state index >= 15 is 0 Å². The number of ether oxygens (including phenoxy) is 2. The van der Waals surface area contributed by atoms with E-state index in [1.54, 1.807) is 11.8 Å². The Bertz CT molecular complexity index is 637. The fourth-order valence-electron chi connectivity index (χ4n) is 1.98. The minimum Gasteiger partial charge on any atom is -0.487 e. The van der Waals surface area contributed by atoms with Crippen molar-refractivity contribution in [2.24, 2.45) is 4.99 Å². The van der Waals surface area contributed by atoms with E-state index in [9.17, 15) is 0 Å². The summed E-state index contributed by atoms with van der Waals surface area (Å²) in [4.78, 5) is 4.37. The molecule has 1 aliphatic rings. The molecule has 0 N–H and O–H groups in total. The van der Waals surface area contributed by atoms with Gasteiger partial charge in [0, 0.05) is 18.4 Å². The van der Waals surface area contributed by atoms with Crippen LogP contribution in [0.2, 0.25) is 0 Å². The summed E-state index contributed by atoms with van der Waals surface area (Å²) in [6.07, 6.45) is 0. The summed E-state index contributed by atoms with van der Waals surface area (Å²) in [7, 11) is 0. The summed E-state index contributed by atoms with van der Waals surface area (Å²) < 4.78 is 11.6. The van der Waals surface area contributed by atoms with Crippen LogP contribution in [0.3, 0.4) is 0 Å². The molecule has 0 spiro atoms. The van der Waals surface area contributed by atoms with Crippen LogP contribution in [-0.4, -0.2) is 23.9 Å². The van der Waals surface area contributed by atoms with Gasteiger partial charge in [0.05, 0.1) is 0 Å². The molecule has 4 heteroatoms. The third kappa shape index (κ3) is 4.02. The second-order valence-corrected chi connectivity index (χ2v) is 5.97. The van der Waals surface area contributed by atoms with Crippen LogP contribution in [0.25, 0.3) is 0 Å². The summed E-state index contributed by atoms with van der Waals surface area (Å²) in [5.74, 6) is 3.47. The van der Waals surface area contributed by atoms with E-state index in [1.807, 2.05) is 48.5 Å². The standard InChI is InChI=1S/C17H17NO2S/c1-13-5-7-14(8-6-13)20-16-4-2-3-15(11-16)19-12-17-18-9-10-21-17/h2-8,11H,9-10,12H2,1H3. The molecule has 0 radical (unpaired) electrons. The Morgan fingerprint density at radius 2 is 1.86 bits per heavy atom. The minimum atomic E-state index is 0.540. The molecule has 0 fully saturated rings. The average molecular weight is 299 g/mol. The van der Waals surface area contributed by atoms with Crippen molar-refractivity contribution in [2.75, 3.05) is 18.9 Å². The zero-order valence-corrected chi connectivity index (χ0v) is 12.7. The van der Waals surface area contributed by atoms with E-state index < -0.39 is 0 Å². The molecule has 1 aliphatic heterocycles. The highest BCUT2D eigenvalue weighted by Gasteiger charge is 2.08. The lowest BCUT2D eigenvalue weighted by Crippen LogP contribution is -2.05. The van der Waals surface area contributed by atoms with Crippen LogP contribution >= 0.6 is 11.8 Å². The summed E-state index contributed by atoms with van der Waals surface area (Å²) >= 11 is 1.76. The number of nitrogens with zero attached hydrogens (tertiary/aromatic N) is 1. The summed E-state index contributed by atoms with van der Waals surface area (Å²) in [6.45, 7) is 3.50. The molecule has 0 saturated heterocycles. The molecule has 1 heterocycles. The molecule has 2 aromatic rings. The lowest BCUT2D eigenvalue weighted by molar-refractivity contribution is 0.375. The third-order valence-corrected chi connectivity index (χ3v) is 4.04. The molecular formula is C17H17NO2S. The monoisotopic (exact) mass is 299 g/mol. The molecule has 108 valence electrons. The van der Waals surface area contributed by atoms with Gasteiger partial charge >= 0.3 is 0 Å². The van der Waals surface area contributed by atoms with Crippen LogP contribution in [0, 0.1) is 6.92 Å². The first kappa shape index (κ1) is 14.0. The van der Waals surface area contributed by atoms with Crippen molar-refractivity contribution in [1.29, 1.82) is 0 Å². The first-order valence-electron chi connectivity index (χ1n) is 6.93. The lowest BCUT2D eigenvalue weighted by Gasteiger charge is -2.09. The van der Waals surface area contributed by atoms with Gasteiger partial charge in [-0.1, -0.05) is 23.8 Å². The molecule has 0 saturated carbocycles. The van der Waals surface area contributed by atoms with E-state index in [0.717, 1.165) is 34.6 Å². The molecule has 0 atom stereocenters. The zero-order chi connectivity index (χ0) is 14.5. The van der Waals surface area contributed by atoms with Gasteiger partial charge in [-0.2, -0.15) is 0 Å². The quantitative estimate of drug-likeness (QED) is 0.824. The van der Waals surface area contributed by atoms with Crippen molar-refractivity contribution in [2.45, 2.75) is 6.92 Å². The molecule has 0 bridgehead atoms. The normalized spacial score (nSPS) is 13.9. The molecule has 3 rings (SSSR count). The highest BCUT2D eigenvalue weighted by Crippen LogP contribution is 2.25. The van der Waals surface area contributed by atoms with Gasteiger partial charge in [0.25, 0.3) is 0 Å². The first-order valence-corrected chi connectivity index (χ1v) is 7.92. The second kappa shape index (κ2) is 6.68. The second-order valence-electron chi connectivity index (χ2n) is 4.80. The Hall–Kier alpha value is -1.94. The van der Waals surface area contributed by atoms with Crippen molar-refractivity contribution < 1.29 is 9.47 Å². The number of aryl methyl sites for hydroxylation is 1. The van der Waals surface area contributed by atoms with Gasteiger partial charge in [-0.3, -0.25) is 4.99 Å². The maximum Gasteiger partial charge on any atom is 0.136 e. The smallest absolute Gasteiger partial charge is 0.136 e. The van der Waals surface area contributed by atoms with E-state index in [2.05, 4.69) is 11.9 Å². The van der Waals surface area contributed by atoms with Crippen LogP contribution in [-0.2, 0) is 0 Å². The molecule has 3 nitrogen and oxygen atoms in total. The van der Waals surface area contributed by atoms with Gasteiger partial charge in [-0.05, 0) is 31.2 Å². The van der Waals surface area contributed by atoms with E-state index in [-0.39, 0.29) is 0 Å².